The van der Waals surface area contributed by atoms with E-state index in [1.165, 1.54) is 0 Å². The van der Waals surface area contributed by atoms with Gasteiger partial charge < -0.3 is 4.90 Å². The van der Waals surface area contributed by atoms with E-state index in [4.69, 9.17) is 0 Å². The standard InChI is InChI=1S/C18H35NO/c1-9-17(5,6)12-14(16(2,3)4)19-11-10-18(7,8)13-15(19)20/h14H,9-13H2,1-8H3. The molecule has 20 heavy (non-hydrogen) atoms. The third-order valence-electron chi connectivity index (χ3n) is 5.06. The third-order valence-corrected chi connectivity index (χ3v) is 5.06. The van der Waals surface area contributed by atoms with Crippen LogP contribution in [-0.2, 0) is 4.79 Å². The van der Waals surface area contributed by atoms with Crippen LogP contribution < -0.4 is 0 Å². The maximum absolute atomic E-state index is 12.6. The zero-order chi connectivity index (χ0) is 15.8. The number of rotatable bonds is 4. The van der Waals surface area contributed by atoms with Crippen molar-refractivity contribution < 1.29 is 4.79 Å². The monoisotopic (exact) mass is 281 g/mol. The first kappa shape index (κ1) is 17.5. The van der Waals surface area contributed by atoms with E-state index < -0.39 is 0 Å². The number of amides is 1. The van der Waals surface area contributed by atoms with Gasteiger partial charge in [0.2, 0.25) is 5.91 Å². The van der Waals surface area contributed by atoms with Crippen LogP contribution in [0.2, 0.25) is 0 Å². The number of nitrogens with zero attached hydrogens (tertiary/aromatic N) is 1. The largest absolute Gasteiger partial charge is 0.339 e. The fraction of sp³-hybridized carbons (Fsp3) is 0.944. The van der Waals surface area contributed by atoms with Gasteiger partial charge in [0.05, 0.1) is 0 Å². The molecule has 0 aromatic rings. The van der Waals surface area contributed by atoms with Gasteiger partial charge in [-0.3, -0.25) is 4.79 Å². The molecule has 0 radical (unpaired) electrons. The summed E-state index contributed by atoms with van der Waals surface area (Å²) in [6, 6.07) is 0.348. The zero-order valence-electron chi connectivity index (χ0n) is 15.0. The maximum atomic E-state index is 12.6. The Bertz CT molecular complexity index is 349. The second kappa shape index (κ2) is 5.69. The van der Waals surface area contributed by atoms with Crippen LogP contribution in [0.15, 0.2) is 0 Å². The van der Waals surface area contributed by atoms with Crippen molar-refractivity contribution in [3.63, 3.8) is 0 Å². The first-order chi connectivity index (χ1) is 8.88. The Morgan fingerprint density at radius 2 is 1.75 bits per heavy atom. The van der Waals surface area contributed by atoms with E-state index in [0.29, 0.717) is 23.8 Å². The van der Waals surface area contributed by atoms with E-state index in [-0.39, 0.29) is 10.8 Å². The van der Waals surface area contributed by atoms with Crippen molar-refractivity contribution in [3.8, 4) is 0 Å². The van der Waals surface area contributed by atoms with Crippen LogP contribution >= 0.6 is 0 Å². The third kappa shape index (κ3) is 4.49. The van der Waals surface area contributed by atoms with Crippen LogP contribution in [0.25, 0.3) is 0 Å². The number of hydrogen-bond acceptors (Lipinski definition) is 1. The van der Waals surface area contributed by atoms with Crippen molar-refractivity contribution in [1.29, 1.82) is 0 Å². The fourth-order valence-corrected chi connectivity index (χ4v) is 3.03. The van der Waals surface area contributed by atoms with Gasteiger partial charge in [-0.05, 0) is 29.1 Å². The van der Waals surface area contributed by atoms with Crippen molar-refractivity contribution in [2.24, 2.45) is 16.2 Å². The Morgan fingerprint density at radius 1 is 1.20 bits per heavy atom. The van der Waals surface area contributed by atoms with Crippen molar-refractivity contribution >= 4 is 5.91 Å². The average Bonchev–Trinajstić information content (AvgIpc) is 2.24. The van der Waals surface area contributed by atoms with E-state index in [1.807, 2.05) is 0 Å². The second-order valence-corrected chi connectivity index (χ2v) is 9.28. The SMILES string of the molecule is CCC(C)(C)CC(N1CCC(C)(C)CC1=O)C(C)(C)C. The Labute approximate surface area is 126 Å². The summed E-state index contributed by atoms with van der Waals surface area (Å²) in [5.74, 6) is 0.355. The molecule has 0 aromatic heterocycles. The lowest BCUT2D eigenvalue weighted by Crippen LogP contribution is -2.53. The Balaban J connectivity index is 2.93. The van der Waals surface area contributed by atoms with Crippen LogP contribution in [-0.4, -0.2) is 23.4 Å². The van der Waals surface area contributed by atoms with Gasteiger partial charge in [-0.15, -0.1) is 0 Å². The maximum Gasteiger partial charge on any atom is 0.223 e. The summed E-state index contributed by atoms with van der Waals surface area (Å²) in [4.78, 5) is 14.8. The molecule has 1 aliphatic rings. The molecule has 1 fully saturated rings. The van der Waals surface area contributed by atoms with Gasteiger partial charge in [-0.1, -0.05) is 61.8 Å². The summed E-state index contributed by atoms with van der Waals surface area (Å²) < 4.78 is 0. The zero-order valence-corrected chi connectivity index (χ0v) is 15.0. The first-order valence-electron chi connectivity index (χ1n) is 8.17. The smallest absolute Gasteiger partial charge is 0.223 e. The molecule has 0 bridgehead atoms. The van der Waals surface area contributed by atoms with Gasteiger partial charge >= 0.3 is 0 Å². The molecule has 1 unspecified atom stereocenters. The normalized spacial score (nSPS) is 22.0. The molecule has 0 N–H and O–H groups in total. The van der Waals surface area contributed by atoms with Gasteiger partial charge in [-0.2, -0.15) is 0 Å². The molecule has 2 heteroatoms. The highest BCUT2D eigenvalue weighted by molar-refractivity contribution is 5.78. The van der Waals surface area contributed by atoms with Crippen molar-refractivity contribution in [1.82, 2.24) is 4.90 Å². The topological polar surface area (TPSA) is 20.3 Å². The highest BCUT2D eigenvalue weighted by Crippen LogP contribution is 2.40. The molecule has 2 nitrogen and oxygen atoms in total. The molecule has 1 amide bonds. The van der Waals surface area contributed by atoms with E-state index in [0.717, 1.165) is 25.8 Å². The number of piperidine rings is 1. The Kier molecular flexibility index (Phi) is 4.99. The molecule has 1 aliphatic heterocycles. The molecule has 0 aromatic carbocycles. The molecule has 0 saturated carbocycles. The van der Waals surface area contributed by atoms with Gasteiger partial charge in [0.15, 0.2) is 0 Å². The van der Waals surface area contributed by atoms with Crippen LogP contribution in [0.1, 0.15) is 81.1 Å². The minimum Gasteiger partial charge on any atom is -0.339 e. The number of likely N-dealkylation sites (tertiary alicyclic amines) is 1. The van der Waals surface area contributed by atoms with Crippen LogP contribution in [0.3, 0.4) is 0 Å². The van der Waals surface area contributed by atoms with E-state index in [1.54, 1.807) is 0 Å². The second-order valence-electron chi connectivity index (χ2n) is 9.28. The van der Waals surface area contributed by atoms with Gasteiger partial charge in [0, 0.05) is 19.0 Å². The molecule has 1 saturated heterocycles. The van der Waals surface area contributed by atoms with E-state index >= 15 is 0 Å². The van der Waals surface area contributed by atoms with Crippen LogP contribution in [0.5, 0.6) is 0 Å². The molecule has 118 valence electrons. The predicted molar refractivity (Wildman–Crippen MR) is 86.7 cm³/mol. The summed E-state index contributed by atoms with van der Waals surface area (Å²) in [6.07, 6.45) is 4.08. The van der Waals surface area contributed by atoms with Gasteiger partial charge in [-0.25, -0.2) is 0 Å². The summed E-state index contributed by atoms with van der Waals surface area (Å²) in [6.45, 7) is 19.1. The fourth-order valence-electron chi connectivity index (χ4n) is 3.03. The van der Waals surface area contributed by atoms with Crippen LogP contribution in [0.4, 0.5) is 0 Å². The lowest BCUT2D eigenvalue weighted by atomic mass is 9.72. The molecule has 1 rings (SSSR count). The van der Waals surface area contributed by atoms with E-state index in [9.17, 15) is 4.79 Å². The molecule has 0 spiro atoms. The predicted octanol–water partition coefficient (Wildman–Crippen LogP) is 4.88. The van der Waals surface area contributed by atoms with E-state index in [2.05, 4.69) is 60.3 Å². The Hall–Kier alpha value is -0.530. The van der Waals surface area contributed by atoms with Crippen LogP contribution in [0, 0.1) is 16.2 Å². The van der Waals surface area contributed by atoms with Gasteiger partial charge in [0.1, 0.15) is 0 Å². The summed E-state index contributed by atoms with van der Waals surface area (Å²) in [5, 5.41) is 0. The molecular formula is C18H35NO. The minimum absolute atomic E-state index is 0.142. The minimum atomic E-state index is 0.142. The number of carbonyl (C=O) groups is 1. The highest BCUT2D eigenvalue weighted by Gasteiger charge is 2.41. The summed E-state index contributed by atoms with van der Waals surface area (Å²) >= 11 is 0. The van der Waals surface area contributed by atoms with Gasteiger partial charge in [0.25, 0.3) is 0 Å². The first-order valence-corrected chi connectivity index (χ1v) is 8.17. The molecule has 1 heterocycles. The number of hydrogen-bond donors (Lipinski definition) is 0. The quantitative estimate of drug-likeness (QED) is 0.719. The Morgan fingerprint density at radius 3 is 2.15 bits per heavy atom. The lowest BCUT2D eigenvalue weighted by Gasteiger charge is -2.48. The molecular weight excluding hydrogens is 246 g/mol. The summed E-state index contributed by atoms with van der Waals surface area (Å²) in [7, 11) is 0. The summed E-state index contributed by atoms with van der Waals surface area (Å²) in [5.41, 5.74) is 0.616. The lowest BCUT2D eigenvalue weighted by molar-refractivity contribution is -0.143. The van der Waals surface area contributed by atoms with Crippen molar-refractivity contribution in [2.45, 2.75) is 87.1 Å². The molecule has 0 aliphatic carbocycles. The van der Waals surface area contributed by atoms with Crippen molar-refractivity contribution in [2.75, 3.05) is 6.54 Å². The highest BCUT2D eigenvalue weighted by atomic mass is 16.2. The average molecular weight is 281 g/mol. The molecule has 1 atom stereocenters. The number of carbonyl (C=O) groups excluding carboxylic acids is 1. The van der Waals surface area contributed by atoms with Crippen molar-refractivity contribution in [3.05, 3.63) is 0 Å².